The predicted molar refractivity (Wildman–Crippen MR) is 113 cm³/mol. The highest BCUT2D eigenvalue weighted by atomic mass is 127. The first-order valence-corrected chi connectivity index (χ1v) is 7.96. The van der Waals surface area contributed by atoms with E-state index in [0.29, 0.717) is 6.54 Å². The summed E-state index contributed by atoms with van der Waals surface area (Å²) in [4.78, 5) is 4.25. The molecule has 0 aromatic heterocycles. The van der Waals surface area contributed by atoms with Crippen molar-refractivity contribution in [2.75, 3.05) is 27.8 Å². The van der Waals surface area contributed by atoms with Crippen LogP contribution in [0.15, 0.2) is 53.5 Å². The predicted octanol–water partition coefficient (Wildman–Crippen LogP) is 3.23. The molecule has 0 aliphatic heterocycles. The molecule has 0 radical (unpaired) electrons. The fourth-order valence-electron chi connectivity index (χ4n) is 2.47. The minimum atomic E-state index is 0. The zero-order chi connectivity index (χ0) is 17.2. The van der Waals surface area contributed by atoms with Gasteiger partial charge in [-0.1, -0.05) is 36.4 Å². The van der Waals surface area contributed by atoms with Gasteiger partial charge in [0.2, 0.25) is 0 Å². The highest BCUT2D eigenvalue weighted by Gasteiger charge is 2.05. The van der Waals surface area contributed by atoms with Gasteiger partial charge in [-0.3, -0.25) is 4.99 Å². The van der Waals surface area contributed by atoms with Gasteiger partial charge in [-0.05, 0) is 24.1 Å². The summed E-state index contributed by atoms with van der Waals surface area (Å²) in [6.45, 7) is 1.42. The van der Waals surface area contributed by atoms with Crippen LogP contribution < -0.4 is 20.1 Å². The highest BCUT2D eigenvalue weighted by Crippen LogP contribution is 2.17. The molecule has 2 N–H and O–H groups in total. The lowest BCUT2D eigenvalue weighted by molar-refractivity contribution is 0.409. The second-order valence-electron chi connectivity index (χ2n) is 5.23. The van der Waals surface area contributed by atoms with Crippen LogP contribution in [0.1, 0.15) is 11.1 Å². The summed E-state index contributed by atoms with van der Waals surface area (Å²) in [5.41, 5.74) is 2.26. The molecule has 0 aliphatic rings. The average molecular weight is 455 g/mol. The van der Waals surface area contributed by atoms with Gasteiger partial charge in [0.15, 0.2) is 5.96 Å². The van der Waals surface area contributed by atoms with Crippen molar-refractivity contribution >= 4 is 29.9 Å². The third kappa shape index (κ3) is 6.45. The fourth-order valence-corrected chi connectivity index (χ4v) is 2.47. The Hall–Kier alpha value is -1.96. The first kappa shape index (κ1) is 21.1. The van der Waals surface area contributed by atoms with E-state index < -0.39 is 0 Å². The number of halogens is 1. The Labute approximate surface area is 166 Å². The van der Waals surface area contributed by atoms with Crippen LogP contribution in [0.5, 0.6) is 11.5 Å². The van der Waals surface area contributed by atoms with E-state index in [1.54, 1.807) is 21.3 Å². The van der Waals surface area contributed by atoms with Crippen molar-refractivity contribution in [1.82, 2.24) is 10.6 Å². The van der Waals surface area contributed by atoms with Gasteiger partial charge in [0.25, 0.3) is 0 Å². The van der Waals surface area contributed by atoms with E-state index in [2.05, 4.69) is 21.7 Å². The maximum Gasteiger partial charge on any atom is 0.191 e. The number of methoxy groups -OCH3 is 2. The van der Waals surface area contributed by atoms with E-state index in [9.17, 15) is 0 Å². The van der Waals surface area contributed by atoms with Crippen LogP contribution in [0.3, 0.4) is 0 Å². The minimum absolute atomic E-state index is 0. The SMILES string of the molecule is CN=C(NCCc1ccccc1OC)NCc1ccccc1OC.I. The highest BCUT2D eigenvalue weighted by molar-refractivity contribution is 14.0. The first-order valence-electron chi connectivity index (χ1n) is 7.96. The maximum absolute atomic E-state index is 5.37. The summed E-state index contributed by atoms with van der Waals surface area (Å²) in [6.07, 6.45) is 0.860. The third-order valence-electron chi connectivity index (χ3n) is 3.74. The number of benzene rings is 2. The molecule has 0 fully saturated rings. The van der Waals surface area contributed by atoms with E-state index in [1.165, 1.54) is 5.56 Å². The second kappa shape index (κ2) is 11.6. The molecule has 5 nitrogen and oxygen atoms in total. The van der Waals surface area contributed by atoms with Gasteiger partial charge in [0.1, 0.15) is 11.5 Å². The lowest BCUT2D eigenvalue weighted by Crippen LogP contribution is -2.37. The van der Waals surface area contributed by atoms with Gasteiger partial charge in [-0.25, -0.2) is 0 Å². The Morgan fingerprint density at radius 1 is 0.880 bits per heavy atom. The van der Waals surface area contributed by atoms with Gasteiger partial charge >= 0.3 is 0 Å². The van der Waals surface area contributed by atoms with Crippen molar-refractivity contribution in [2.24, 2.45) is 4.99 Å². The molecular formula is C19H26IN3O2. The van der Waals surface area contributed by atoms with Gasteiger partial charge in [0, 0.05) is 25.7 Å². The fraction of sp³-hybridized carbons (Fsp3) is 0.316. The Morgan fingerprint density at radius 2 is 1.44 bits per heavy atom. The van der Waals surface area contributed by atoms with Crippen LogP contribution in [0.25, 0.3) is 0 Å². The van der Waals surface area contributed by atoms with Crippen LogP contribution in [-0.4, -0.2) is 33.8 Å². The molecule has 2 rings (SSSR count). The van der Waals surface area contributed by atoms with Gasteiger partial charge < -0.3 is 20.1 Å². The molecule has 0 bridgehead atoms. The molecule has 0 heterocycles. The Kier molecular flexibility index (Phi) is 9.76. The van der Waals surface area contributed by atoms with E-state index in [1.807, 2.05) is 42.5 Å². The molecule has 25 heavy (non-hydrogen) atoms. The molecule has 0 saturated carbocycles. The Morgan fingerprint density at radius 3 is 2.04 bits per heavy atom. The van der Waals surface area contributed by atoms with E-state index in [-0.39, 0.29) is 24.0 Å². The minimum Gasteiger partial charge on any atom is -0.496 e. The average Bonchev–Trinajstić information content (AvgIpc) is 2.65. The van der Waals surface area contributed by atoms with Crippen molar-refractivity contribution in [2.45, 2.75) is 13.0 Å². The molecule has 2 aromatic carbocycles. The molecule has 0 aliphatic carbocycles. The van der Waals surface area contributed by atoms with Crippen LogP contribution in [-0.2, 0) is 13.0 Å². The number of hydrogen-bond acceptors (Lipinski definition) is 3. The van der Waals surface area contributed by atoms with Gasteiger partial charge in [0.05, 0.1) is 14.2 Å². The van der Waals surface area contributed by atoms with Crippen molar-refractivity contribution < 1.29 is 9.47 Å². The number of aliphatic imine (C=N–C) groups is 1. The third-order valence-corrected chi connectivity index (χ3v) is 3.74. The van der Waals surface area contributed by atoms with Crippen LogP contribution in [0.4, 0.5) is 0 Å². The number of nitrogens with zero attached hydrogens (tertiary/aromatic N) is 1. The summed E-state index contributed by atoms with van der Waals surface area (Å²) in [6, 6.07) is 16.0. The molecule has 0 unspecified atom stereocenters. The number of hydrogen-bond donors (Lipinski definition) is 2. The zero-order valence-electron chi connectivity index (χ0n) is 14.9. The molecule has 0 saturated heterocycles. The van der Waals surface area contributed by atoms with Crippen LogP contribution in [0, 0.1) is 0 Å². The van der Waals surface area contributed by atoms with Gasteiger partial charge in [-0.2, -0.15) is 0 Å². The van der Waals surface area contributed by atoms with Crippen molar-refractivity contribution in [1.29, 1.82) is 0 Å². The number of rotatable bonds is 7. The van der Waals surface area contributed by atoms with Crippen LogP contribution >= 0.6 is 24.0 Å². The first-order chi connectivity index (χ1) is 11.8. The normalized spacial score (nSPS) is 10.6. The molecule has 2 aromatic rings. The standard InChI is InChI=1S/C19H25N3O2.HI/c1-20-19(22-14-16-9-5-7-11-18(16)24-3)21-13-12-15-8-4-6-10-17(15)23-2;/h4-11H,12-14H2,1-3H3,(H2,20,21,22);1H. The zero-order valence-corrected chi connectivity index (χ0v) is 17.2. The molecule has 0 spiro atoms. The number of ether oxygens (including phenoxy) is 2. The summed E-state index contributed by atoms with van der Waals surface area (Å²) in [5.74, 6) is 2.54. The van der Waals surface area contributed by atoms with Crippen LogP contribution in [0.2, 0.25) is 0 Å². The van der Waals surface area contributed by atoms with E-state index in [0.717, 1.165) is 36.0 Å². The Balaban J connectivity index is 0.00000312. The molecule has 6 heteroatoms. The quantitative estimate of drug-likeness (QED) is 0.383. The van der Waals surface area contributed by atoms with Crippen molar-refractivity contribution in [3.8, 4) is 11.5 Å². The molecule has 0 atom stereocenters. The van der Waals surface area contributed by atoms with E-state index >= 15 is 0 Å². The Bertz CT molecular complexity index is 677. The second-order valence-corrected chi connectivity index (χ2v) is 5.23. The molecule has 0 amide bonds. The number of guanidine groups is 1. The van der Waals surface area contributed by atoms with Crippen molar-refractivity contribution in [3.05, 3.63) is 59.7 Å². The topological polar surface area (TPSA) is 54.9 Å². The summed E-state index contributed by atoms with van der Waals surface area (Å²) in [5, 5.41) is 6.62. The lowest BCUT2D eigenvalue weighted by Gasteiger charge is -2.14. The lowest BCUT2D eigenvalue weighted by atomic mass is 10.1. The largest absolute Gasteiger partial charge is 0.496 e. The molecule has 136 valence electrons. The number of para-hydroxylation sites is 2. The summed E-state index contributed by atoms with van der Waals surface area (Å²) < 4.78 is 10.7. The maximum atomic E-state index is 5.37. The van der Waals surface area contributed by atoms with E-state index in [4.69, 9.17) is 9.47 Å². The molecular weight excluding hydrogens is 429 g/mol. The monoisotopic (exact) mass is 455 g/mol. The summed E-state index contributed by atoms with van der Waals surface area (Å²) in [7, 11) is 5.14. The summed E-state index contributed by atoms with van der Waals surface area (Å²) >= 11 is 0. The van der Waals surface area contributed by atoms with Gasteiger partial charge in [-0.15, -0.1) is 24.0 Å². The van der Waals surface area contributed by atoms with Crippen molar-refractivity contribution in [3.63, 3.8) is 0 Å². The smallest absolute Gasteiger partial charge is 0.191 e. The number of nitrogens with one attached hydrogen (secondary N) is 2.